The van der Waals surface area contributed by atoms with Gasteiger partial charge in [0.1, 0.15) is 5.75 Å². The summed E-state index contributed by atoms with van der Waals surface area (Å²) in [6.45, 7) is 11.2. The third-order valence-electron chi connectivity index (χ3n) is 3.26. The van der Waals surface area contributed by atoms with Crippen LogP contribution in [0, 0.1) is 0 Å². The monoisotopic (exact) mass is 256 g/mol. The summed E-state index contributed by atoms with van der Waals surface area (Å²) in [6, 6.07) is 8.07. The summed E-state index contributed by atoms with van der Waals surface area (Å²) < 4.78 is 6.16. The lowest BCUT2D eigenvalue weighted by Crippen LogP contribution is -2.43. The van der Waals surface area contributed by atoms with Crippen molar-refractivity contribution in [3.63, 3.8) is 0 Å². The first-order chi connectivity index (χ1) is 7.26. The van der Waals surface area contributed by atoms with E-state index in [1.807, 2.05) is 24.3 Å². The molecule has 0 aromatic heterocycles. The Balaban J connectivity index is 2.80. The number of hydrogen-bond acceptors (Lipinski definition) is 1. The predicted molar refractivity (Wildman–Crippen MR) is 73.8 cm³/mol. The van der Waals surface area contributed by atoms with Gasteiger partial charge in [-0.15, -0.1) is 11.6 Å². The zero-order valence-electron chi connectivity index (χ0n) is 10.8. The summed E-state index contributed by atoms with van der Waals surface area (Å²) in [4.78, 5) is 0. The van der Waals surface area contributed by atoms with E-state index < -0.39 is 8.32 Å². The maximum absolute atomic E-state index is 6.16. The number of halogens is 1. The first-order valence-corrected chi connectivity index (χ1v) is 9.04. The van der Waals surface area contributed by atoms with Crippen molar-refractivity contribution in [2.45, 2.75) is 44.8 Å². The minimum Gasteiger partial charge on any atom is -0.544 e. The number of rotatable bonds is 3. The molecule has 0 spiro atoms. The quantitative estimate of drug-likeness (QED) is 0.557. The second-order valence-electron chi connectivity index (χ2n) is 5.64. The summed E-state index contributed by atoms with van der Waals surface area (Å²) in [5.74, 6) is 1.51. The third kappa shape index (κ3) is 3.26. The molecule has 0 bridgehead atoms. The molecule has 0 fully saturated rings. The molecule has 16 heavy (non-hydrogen) atoms. The third-order valence-corrected chi connectivity index (χ3v) is 7.92. The van der Waals surface area contributed by atoms with E-state index >= 15 is 0 Å². The lowest BCUT2D eigenvalue weighted by atomic mass is 10.2. The van der Waals surface area contributed by atoms with Crippen molar-refractivity contribution in [3.8, 4) is 5.75 Å². The Kier molecular flexibility index (Phi) is 4.08. The molecule has 90 valence electrons. The van der Waals surface area contributed by atoms with Crippen LogP contribution in [-0.4, -0.2) is 8.32 Å². The van der Waals surface area contributed by atoms with E-state index in [0.717, 1.165) is 11.3 Å². The smallest absolute Gasteiger partial charge is 0.250 e. The standard InChI is InChI=1S/C13H21ClOSi/c1-13(2,3)16(4,5)15-12-8-6-11(10-14)7-9-12/h6-9H,10H2,1-5H3. The summed E-state index contributed by atoms with van der Waals surface area (Å²) in [6.07, 6.45) is 0. The maximum Gasteiger partial charge on any atom is 0.250 e. The van der Waals surface area contributed by atoms with Crippen molar-refractivity contribution >= 4 is 19.9 Å². The van der Waals surface area contributed by atoms with Crippen LogP contribution in [0.1, 0.15) is 26.3 Å². The molecule has 0 N–H and O–H groups in total. The number of hydrogen-bond donors (Lipinski definition) is 0. The fourth-order valence-electron chi connectivity index (χ4n) is 1.09. The highest BCUT2D eigenvalue weighted by Gasteiger charge is 2.38. The van der Waals surface area contributed by atoms with Gasteiger partial charge in [-0.05, 0) is 35.8 Å². The molecule has 0 radical (unpaired) electrons. The van der Waals surface area contributed by atoms with Crippen LogP contribution in [0.5, 0.6) is 5.75 Å². The Hall–Kier alpha value is -0.473. The fourth-order valence-corrected chi connectivity index (χ4v) is 2.30. The molecular weight excluding hydrogens is 236 g/mol. The predicted octanol–water partition coefficient (Wildman–Crippen LogP) is 4.81. The molecule has 0 atom stereocenters. The maximum atomic E-state index is 6.16. The van der Waals surface area contributed by atoms with Gasteiger partial charge in [-0.3, -0.25) is 0 Å². The van der Waals surface area contributed by atoms with E-state index in [0.29, 0.717) is 5.88 Å². The van der Waals surface area contributed by atoms with Crippen LogP contribution in [0.25, 0.3) is 0 Å². The van der Waals surface area contributed by atoms with Gasteiger partial charge in [0.25, 0.3) is 0 Å². The summed E-state index contributed by atoms with van der Waals surface area (Å²) in [5.41, 5.74) is 1.13. The van der Waals surface area contributed by atoms with Crippen LogP contribution in [0.15, 0.2) is 24.3 Å². The molecule has 0 amide bonds. The Morgan fingerprint density at radius 2 is 1.62 bits per heavy atom. The highest BCUT2D eigenvalue weighted by atomic mass is 35.5. The molecule has 0 saturated carbocycles. The van der Waals surface area contributed by atoms with E-state index in [9.17, 15) is 0 Å². The molecule has 0 saturated heterocycles. The topological polar surface area (TPSA) is 9.23 Å². The van der Waals surface area contributed by atoms with Crippen molar-refractivity contribution < 1.29 is 4.43 Å². The van der Waals surface area contributed by atoms with Crippen molar-refractivity contribution in [3.05, 3.63) is 29.8 Å². The molecule has 1 rings (SSSR count). The minimum atomic E-state index is -1.71. The Morgan fingerprint density at radius 3 is 2.00 bits per heavy atom. The van der Waals surface area contributed by atoms with Crippen LogP contribution in [0.3, 0.4) is 0 Å². The van der Waals surface area contributed by atoms with E-state index in [-0.39, 0.29) is 5.04 Å². The summed E-state index contributed by atoms with van der Waals surface area (Å²) in [5, 5.41) is 0.234. The SMILES string of the molecule is CC(C)(C)[Si](C)(C)Oc1ccc(CCl)cc1. The van der Waals surface area contributed by atoms with Gasteiger partial charge in [0.05, 0.1) is 0 Å². The molecular formula is C13H21ClOSi. The molecule has 3 heteroatoms. The Morgan fingerprint density at radius 1 is 1.12 bits per heavy atom. The van der Waals surface area contributed by atoms with Crippen molar-refractivity contribution in [1.82, 2.24) is 0 Å². The van der Waals surface area contributed by atoms with E-state index in [2.05, 4.69) is 33.9 Å². The van der Waals surface area contributed by atoms with E-state index in [1.165, 1.54) is 0 Å². The average Bonchev–Trinajstić information content (AvgIpc) is 2.16. The van der Waals surface area contributed by atoms with E-state index in [4.69, 9.17) is 16.0 Å². The molecule has 0 aliphatic carbocycles. The van der Waals surface area contributed by atoms with Crippen molar-refractivity contribution in [2.75, 3.05) is 0 Å². The second kappa shape index (κ2) is 4.80. The summed E-state index contributed by atoms with van der Waals surface area (Å²) in [7, 11) is -1.71. The fraction of sp³-hybridized carbons (Fsp3) is 0.538. The lowest BCUT2D eigenvalue weighted by molar-refractivity contribution is 0.492. The van der Waals surface area contributed by atoms with Gasteiger partial charge in [-0.1, -0.05) is 32.9 Å². The Labute approximate surface area is 105 Å². The van der Waals surface area contributed by atoms with Crippen molar-refractivity contribution in [2.24, 2.45) is 0 Å². The van der Waals surface area contributed by atoms with Crippen molar-refractivity contribution in [1.29, 1.82) is 0 Å². The van der Waals surface area contributed by atoms with Gasteiger partial charge < -0.3 is 4.43 Å². The van der Waals surface area contributed by atoms with Crippen LogP contribution < -0.4 is 4.43 Å². The van der Waals surface area contributed by atoms with Crippen LogP contribution in [0.2, 0.25) is 18.1 Å². The highest BCUT2D eigenvalue weighted by molar-refractivity contribution is 6.74. The van der Waals surface area contributed by atoms with Gasteiger partial charge in [-0.2, -0.15) is 0 Å². The minimum absolute atomic E-state index is 0.234. The zero-order valence-corrected chi connectivity index (χ0v) is 12.6. The lowest BCUT2D eigenvalue weighted by Gasteiger charge is -2.36. The number of alkyl halides is 1. The average molecular weight is 257 g/mol. The molecule has 0 unspecified atom stereocenters. The molecule has 0 aliphatic heterocycles. The van der Waals surface area contributed by atoms with Gasteiger partial charge in [0.2, 0.25) is 8.32 Å². The highest BCUT2D eigenvalue weighted by Crippen LogP contribution is 2.37. The zero-order chi connectivity index (χ0) is 12.4. The van der Waals surface area contributed by atoms with Gasteiger partial charge in [0, 0.05) is 5.88 Å². The molecule has 1 nitrogen and oxygen atoms in total. The van der Waals surface area contributed by atoms with Crippen LogP contribution in [0.4, 0.5) is 0 Å². The molecule has 1 aromatic carbocycles. The molecule has 0 aliphatic rings. The first-order valence-electron chi connectivity index (χ1n) is 5.60. The number of benzene rings is 1. The second-order valence-corrected chi connectivity index (χ2v) is 10.6. The normalized spacial score (nSPS) is 12.6. The molecule has 1 aromatic rings. The van der Waals surface area contributed by atoms with Gasteiger partial charge in [-0.25, -0.2) is 0 Å². The van der Waals surface area contributed by atoms with Gasteiger partial charge in [0.15, 0.2) is 0 Å². The summed E-state index contributed by atoms with van der Waals surface area (Å²) >= 11 is 5.75. The first kappa shape index (κ1) is 13.6. The Bertz CT molecular complexity index is 338. The molecule has 0 heterocycles. The van der Waals surface area contributed by atoms with Crippen LogP contribution >= 0.6 is 11.6 Å². The largest absolute Gasteiger partial charge is 0.544 e. The van der Waals surface area contributed by atoms with Crippen LogP contribution in [-0.2, 0) is 5.88 Å². The van der Waals surface area contributed by atoms with Gasteiger partial charge >= 0.3 is 0 Å². The van der Waals surface area contributed by atoms with E-state index in [1.54, 1.807) is 0 Å².